The van der Waals surface area contributed by atoms with E-state index in [0.29, 0.717) is 5.70 Å². The molecule has 0 fully saturated rings. The summed E-state index contributed by atoms with van der Waals surface area (Å²) in [6, 6.07) is 5.75. The summed E-state index contributed by atoms with van der Waals surface area (Å²) in [4.78, 5) is 18.5. The maximum Gasteiger partial charge on any atom is 0.221 e. The topological polar surface area (TPSA) is 57.8 Å². The monoisotopic (exact) mass is 391 g/mol. The number of hydrogen-bond acceptors (Lipinski definition) is 2. The van der Waals surface area contributed by atoms with Crippen LogP contribution >= 0.6 is 15.9 Å². The number of hydrogen-bond donors (Lipinski definition) is 2. The standard InChI is InChI=1S/C15H14BrN3O.2C2H6/c1-9(4-5-10(2)17-11(3)20)13-8-14-12(18-13)6-7-15(16)19-14;2*1-2/h4-8,18H,1-2H2,3H3,(H,17,20);2*1-2H3/b5-4-;;. The van der Waals surface area contributed by atoms with Gasteiger partial charge in [-0.15, -0.1) is 0 Å². The van der Waals surface area contributed by atoms with Gasteiger partial charge in [-0.1, -0.05) is 46.9 Å². The van der Waals surface area contributed by atoms with Crippen molar-refractivity contribution in [1.29, 1.82) is 0 Å². The smallest absolute Gasteiger partial charge is 0.221 e. The van der Waals surface area contributed by atoms with Gasteiger partial charge in [0.25, 0.3) is 0 Å². The number of aromatic amines is 1. The summed E-state index contributed by atoms with van der Waals surface area (Å²) in [5.41, 5.74) is 3.99. The minimum Gasteiger partial charge on any atom is -0.353 e. The third-order valence-corrected chi connectivity index (χ3v) is 3.05. The van der Waals surface area contributed by atoms with E-state index in [1.165, 1.54) is 6.92 Å². The fraction of sp³-hybridized carbons (Fsp3) is 0.263. The number of pyridine rings is 1. The van der Waals surface area contributed by atoms with Gasteiger partial charge in [-0.05, 0) is 45.8 Å². The lowest BCUT2D eigenvalue weighted by atomic mass is 10.2. The average molecular weight is 392 g/mol. The molecule has 2 aromatic rings. The average Bonchev–Trinajstić information content (AvgIpc) is 2.99. The van der Waals surface area contributed by atoms with Crippen LogP contribution in [-0.4, -0.2) is 15.9 Å². The van der Waals surface area contributed by atoms with Gasteiger partial charge in [-0.2, -0.15) is 0 Å². The van der Waals surface area contributed by atoms with Crippen molar-refractivity contribution < 1.29 is 4.79 Å². The molecule has 0 saturated heterocycles. The third kappa shape index (κ3) is 6.96. The first-order valence-corrected chi connectivity index (χ1v) is 8.74. The Morgan fingerprint density at radius 2 is 1.83 bits per heavy atom. The summed E-state index contributed by atoms with van der Waals surface area (Å²) in [6.07, 6.45) is 3.50. The Bertz CT molecular complexity index is 729. The molecule has 0 saturated carbocycles. The van der Waals surface area contributed by atoms with Gasteiger partial charge in [-0.3, -0.25) is 4.79 Å². The molecule has 0 spiro atoms. The first kappa shape index (κ1) is 21.9. The molecular formula is C19H26BrN3O. The van der Waals surface area contributed by atoms with Crippen molar-refractivity contribution in [1.82, 2.24) is 15.3 Å². The molecule has 0 unspecified atom stereocenters. The number of aromatic nitrogens is 2. The maximum absolute atomic E-state index is 10.9. The van der Waals surface area contributed by atoms with Crippen LogP contribution in [0.25, 0.3) is 16.6 Å². The van der Waals surface area contributed by atoms with Gasteiger partial charge in [0.05, 0.1) is 11.0 Å². The second-order valence-corrected chi connectivity index (χ2v) is 5.13. The predicted octanol–water partition coefficient (Wildman–Crippen LogP) is 5.60. The fourth-order valence-electron chi connectivity index (χ4n) is 1.72. The first-order valence-electron chi connectivity index (χ1n) is 7.95. The molecule has 2 heterocycles. The molecule has 2 rings (SSSR count). The lowest BCUT2D eigenvalue weighted by molar-refractivity contribution is -0.118. The molecule has 24 heavy (non-hydrogen) atoms. The Balaban J connectivity index is 0.00000123. The molecule has 0 atom stereocenters. The number of rotatable bonds is 4. The maximum atomic E-state index is 10.9. The molecule has 0 aliphatic heterocycles. The quantitative estimate of drug-likeness (QED) is 0.526. The highest BCUT2D eigenvalue weighted by Gasteiger charge is 2.04. The lowest BCUT2D eigenvalue weighted by Crippen LogP contribution is -2.16. The van der Waals surface area contributed by atoms with Crippen LogP contribution in [0, 0.1) is 0 Å². The van der Waals surface area contributed by atoms with Crippen molar-refractivity contribution in [3.05, 3.63) is 59.5 Å². The second-order valence-electron chi connectivity index (χ2n) is 4.31. The van der Waals surface area contributed by atoms with Crippen LogP contribution in [0.3, 0.4) is 0 Å². The Hall–Kier alpha value is -2.14. The van der Waals surface area contributed by atoms with E-state index in [0.717, 1.165) is 26.9 Å². The first-order chi connectivity index (χ1) is 11.5. The summed E-state index contributed by atoms with van der Waals surface area (Å²) in [6.45, 7) is 17.1. The van der Waals surface area contributed by atoms with Crippen LogP contribution in [0.4, 0.5) is 0 Å². The number of H-pyrrole nitrogens is 1. The lowest BCUT2D eigenvalue weighted by Gasteiger charge is -2.00. The van der Waals surface area contributed by atoms with Gasteiger partial charge in [-0.25, -0.2) is 4.98 Å². The summed E-state index contributed by atoms with van der Waals surface area (Å²) in [7, 11) is 0. The number of fused-ring (bicyclic) bond motifs is 1. The number of allylic oxidation sites excluding steroid dienone is 3. The molecule has 0 aliphatic rings. The van der Waals surface area contributed by atoms with Gasteiger partial charge in [0.2, 0.25) is 5.91 Å². The number of amides is 1. The van der Waals surface area contributed by atoms with E-state index in [1.807, 2.05) is 45.9 Å². The molecule has 5 heteroatoms. The second kappa shape index (κ2) is 11.4. The largest absolute Gasteiger partial charge is 0.353 e. The summed E-state index contributed by atoms with van der Waals surface area (Å²) < 4.78 is 0.788. The molecule has 0 radical (unpaired) electrons. The van der Waals surface area contributed by atoms with Gasteiger partial charge in [0.1, 0.15) is 4.60 Å². The van der Waals surface area contributed by atoms with Crippen LogP contribution in [0.1, 0.15) is 40.3 Å². The van der Waals surface area contributed by atoms with E-state index in [9.17, 15) is 4.79 Å². The fourth-order valence-corrected chi connectivity index (χ4v) is 2.04. The van der Waals surface area contributed by atoms with Gasteiger partial charge in [0.15, 0.2) is 0 Å². The van der Waals surface area contributed by atoms with Crippen molar-refractivity contribution in [2.75, 3.05) is 0 Å². The summed E-state index contributed by atoms with van der Waals surface area (Å²) >= 11 is 3.34. The summed E-state index contributed by atoms with van der Waals surface area (Å²) in [5, 5.41) is 2.59. The number of nitrogens with zero attached hydrogens (tertiary/aromatic N) is 1. The van der Waals surface area contributed by atoms with Crippen LogP contribution in [0.5, 0.6) is 0 Å². The molecule has 1 amide bonds. The zero-order valence-electron chi connectivity index (χ0n) is 15.0. The van der Waals surface area contributed by atoms with Crippen molar-refractivity contribution in [2.45, 2.75) is 34.6 Å². The van der Waals surface area contributed by atoms with Crippen molar-refractivity contribution in [3.63, 3.8) is 0 Å². The molecule has 2 aromatic heterocycles. The summed E-state index contributed by atoms with van der Waals surface area (Å²) in [5.74, 6) is -0.148. The molecule has 4 nitrogen and oxygen atoms in total. The van der Waals surface area contributed by atoms with Crippen molar-refractivity contribution >= 4 is 38.4 Å². The SMILES string of the molecule is C=C(/C=C\C(=C)c1cc2nc(Br)ccc2[nH]1)NC(C)=O.CC.CC. The zero-order valence-corrected chi connectivity index (χ0v) is 16.6. The predicted molar refractivity (Wildman–Crippen MR) is 108 cm³/mol. The Kier molecular flexibility index (Phi) is 10.4. The highest BCUT2D eigenvalue weighted by atomic mass is 79.9. The normalized spacial score (nSPS) is 9.58. The minimum atomic E-state index is -0.148. The van der Waals surface area contributed by atoms with E-state index < -0.39 is 0 Å². The van der Waals surface area contributed by atoms with Crippen LogP contribution in [-0.2, 0) is 4.79 Å². The molecule has 2 N–H and O–H groups in total. The van der Waals surface area contributed by atoms with Crippen LogP contribution in [0.15, 0.2) is 53.8 Å². The minimum absolute atomic E-state index is 0.148. The van der Waals surface area contributed by atoms with E-state index >= 15 is 0 Å². The Morgan fingerprint density at radius 3 is 2.42 bits per heavy atom. The van der Waals surface area contributed by atoms with Gasteiger partial charge < -0.3 is 10.3 Å². The van der Waals surface area contributed by atoms with E-state index in [1.54, 1.807) is 12.2 Å². The molecule has 130 valence electrons. The molecule has 0 aliphatic carbocycles. The van der Waals surface area contributed by atoms with E-state index in [2.05, 4.69) is 44.4 Å². The van der Waals surface area contributed by atoms with E-state index in [-0.39, 0.29) is 5.91 Å². The number of carbonyl (C=O) groups is 1. The van der Waals surface area contributed by atoms with E-state index in [4.69, 9.17) is 0 Å². The number of halogens is 1. The Labute approximate surface area is 152 Å². The number of nitrogens with one attached hydrogen (secondary N) is 2. The molecule has 0 bridgehead atoms. The van der Waals surface area contributed by atoms with Crippen LogP contribution < -0.4 is 5.32 Å². The Morgan fingerprint density at radius 1 is 1.21 bits per heavy atom. The highest BCUT2D eigenvalue weighted by molar-refractivity contribution is 9.10. The van der Waals surface area contributed by atoms with Crippen LogP contribution in [0.2, 0.25) is 0 Å². The third-order valence-electron chi connectivity index (χ3n) is 2.61. The molecule has 0 aromatic carbocycles. The van der Waals surface area contributed by atoms with Crippen molar-refractivity contribution in [3.8, 4) is 0 Å². The zero-order chi connectivity index (χ0) is 18.7. The van der Waals surface area contributed by atoms with Gasteiger partial charge >= 0.3 is 0 Å². The van der Waals surface area contributed by atoms with Crippen molar-refractivity contribution in [2.24, 2.45) is 0 Å². The van der Waals surface area contributed by atoms with Gasteiger partial charge in [0, 0.05) is 18.3 Å². The highest BCUT2D eigenvalue weighted by Crippen LogP contribution is 2.21. The number of carbonyl (C=O) groups excluding carboxylic acids is 1. The molecular weight excluding hydrogens is 366 g/mol.